The standard InChI is InChI=1S/C34H66O2/c1-3-5-7-9-11-13-15-17-18-20-22-24-26-28-30-32-34(36)33(35)31-29-27-25-23-21-19-16-14-12-10-8-6-4-2/h3-32H2,1-2H3. The van der Waals surface area contributed by atoms with Crippen molar-refractivity contribution in [1.29, 1.82) is 0 Å². The SMILES string of the molecule is CCCCCCCCCCCCCCCCCC(=O)C(=O)CCCCCCCCCCCCCCC. The van der Waals surface area contributed by atoms with Crippen LogP contribution in [0.3, 0.4) is 0 Å². The van der Waals surface area contributed by atoms with Gasteiger partial charge in [0.2, 0.25) is 0 Å². The first-order valence-electron chi connectivity index (χ1n) is 16.8. The number of carbonyl (C=O) groups excluding carboxylic acids is 2. The van der Waals surface area contributed by atoms with Crippen LogP contribution in [0, 0.1) is 0 Å². The van der Waals surface area contributed by atoms with Gasteiger partial charge in [-0.1, -0.05) is 181 Å². The van der Waals surface area contributed by atoms with Crippen molar-refractivity contribution in [2.45, 2.75) is 206 Å². The molecule has 0 aliphatic rings. The molecular formula is C34H66O2. The van der Waals surface area contributed by atoms with E-state index < -0.39 is 0 Å². The Bertz CT molecular complexity index is 456. The molecule has 214 valence electrons. The van der Waals surface area contributed by atoms with Crippen molar-refractivity contribution in [2.75, 3.05) is 0 Å². The van der Waals surface area contributed by atoms with Gasteiger partial charge in [0, 0.05) is 12.8 Å². The van der Waals surface area contributed by atoms with Crippen molar-refractivity contribution in [3.63, 3.8) is 0 Å². The summed E-state index contributed by atoms with van der Waals surface area (Å²) < 4.78 is 0. The minimum Gasteiger partial charge on any atom is -0.291 e. The zero-order valence-corrected chi connectivity index (χ0v) is 25.0. The maximum Gasteiger partial charge on any atom is 0.198 e. The van der Waals surface area contributed by atoms with Crippen LogP contribution in [-0.4, -0.2) is 11.6 Å². The minimum atomic E-state index is -0.108. The van der Waals surface area contributed by atoms with Crippen LogP contribution in [0.4, 0.5) is 0 Å². The highest BCUT2D eigenvalue weighted by atomic mass is 16.2. The number of carbonyl (C=O) groups is 2. The van der Waals surface area contributed by atoms with Gasteiger partial charge in [-0.2, -0.15) is 0 Å². The van der Waals surface area contributed by atoms with Crippen LogP contribution >= 0.6 is 0 Å². The van der Waals surface area contributed by atoms with Gasteiger partial charge < -0.3 is 0 Å². The van der Waals surface area contributed by atoms with Crippen LogP contribution in [0.25, 0.3) is 0 Å². The highest BCUT2D eigenvalue weighted by molar-refractivity contribution is 6.37. The third kappa shape index (κ3) is 27.9. The predicted octanol–water partition coefficient (Wildman–Crippen LogP) is 11.9. The molecule has 0 heterocycles. The number of rotatable bonds is 31. The molecule has 0 rings (SSSR count). The van der Waals surface area contributed by atoms with Crippen molar-refractivity contribution < 1.29 is 9.59 Å². The van der Waals surface area contributed by atoms with E-state index in [4.69, 9.17) is 0 Å². The van der Waals surface area contributed by atoms with Crippen LogP contribution in [0.1, 0.15) is 206 Å². The van der Waals surface area contributed by atoms with E-state index in [0.717, 1.165) is 25.7 Å². The molecule has 0 aliphatic carbocycles. The number of ketones is 2. The molecule has 0 aliphatic heterocycles. The quantitative estimate of drug-likeness (QED) is 0.0692. The molecule has 0 atom stereocenters. The first kappa shape index (κ1) is 35.3. The van der Waals surface area contributed by atoms with Gasteiger partial charge >= 0.3 is 0 Å². The van der Waals surface area contributed by atoms with E-state index >= 15 is 0 Å². The first-order valence-corrected chi connectivity index (χ1v) is 16.8. The highest BCUT2D eigenvalue weighted by Crippen LogP contribution is 2.15. The first-order chi connectivity index (χ1) is 17.7. The summed E-state index contributed by atoms with van der Waals surface area (Å²) in [6.45, 7) is 4.55. The van der Waals surface area contributed by atoms with Crippen molar-refractivity contribution >= 4 is 11.6 Å². The van der Waals surface area contributed by atoms with Crippen LogP contribution in [-0.2, 0) is 9.59 Å². The van der Waals surface area contributed by atoms with Gasteiger partial charge in [0.05, 0.1) is 0 Å². The van der Waals surface area contributed by atoms with E-state index in [2.05, 4.69) is 13.8 Å². The Morgan fingerprint density at radius 2 is 0.444 bits per heavy atom. The summed E-state index contributed by atoms with van der Waals surface area (Å²) in [5.74, 6) is -0.216. The second-order valence-electron chi connectivity index (χ2n) is 11.5. The molecule has 0 unspecified atom stereocenters. The molecule has 0 N–H and O–H groups in total. The molecule has 0 bridgehead atoms. The molecule has 0 aromatic heterocycles. The normalized spacial score (nSPS) is 11.3. The average molecular weight is 507 g/mol. The van der Waals surface area contributed by atoms with Gasteiger partial charge in [0.1, 0.15) is 0 Å². The van der Waals surface area contributed by atoms with Crippen molar-refractivity contribution in [3.05, 3.63) is 0 Å². The van der Waals surface area contributed by atoms with Gasteiger partial charge in [-0.05, 0) is 12.8 Å². The number of Topliss-reactive ketones (excluding diaryl/α,β-unsaturated/α-hetero) is 2. The van der Waals surface area contributed by atoms with E-state index in [9.17, 15) is 9.59 Å². The van der Waals surface area contributed by atoms with Gasteiger partial charge in [0.15, 0.2) is 11.6 Å². The number of hydrogen-bond acceptors (Lipinski definition) is 2. The molecular weight excluding hydrogens is 440 g/mol. The molecule has 0 spiro atoms. The molecule has 2 heteroatoms. The smallest absolute Gasteiger partial charge is 0.198 e. The summed E-state index contributed by atoms with van der Waals surface area (Å²) in [5, 5.41) is 0. The summed E-state index contributed by atoms with van der Waals surface area (Å²) in [6.07, 6.45) is 37.8. The minimum absolute atomic E-state index is 0.108. The van der Waals surface area contributed by atoms with E-state index in [1.165, 1.54) is 154 Å². The molecule has 0 amide bonds. The largest absolute Gasteiger partial charge is 0.291 e. The fourth-order valence-corrected chi connectivity index (χ4v) is 5.24. The summed E-state index contributed by atoms with van der Waals surface area (Å²) >= 11 is 0. The Morgan fingerprint density at radius 1 is 0.278 bits per heavy atom. The van der Waals surface area contributed by atoms with Crippen LogP contribution < -0.4 is 0 Å². The van der Waals surface area contributed by atoms with Crippen molar-refractivity contribution in [3.8, 4) is 0 Å². The Labute approximate surface area is 227 Å². The van der Waals surface area contributed by atoms with Gasteiger partial charge in [-0.15, -0.1) is 0 Å². The zero-order chi connectivity index (χ0) is 26.4. The third-order valence-corrected chi connectivity index (χ3v) is 7.83. The molecule has 2 nitrogen and oxygen atoms in total. The van der Waals surface area contributed by atoms with E-state index in [-0.39, 0.29) is 11.6 Å². The Kier molecular flexibility index (Phi) is 30.0. The Hall–Kier alpha value is -0.660. The highest BCUT2D eigenvalue weighted by Gasteiger charge is 2.12. The number of hydrogen-bond donors (Lipinski definition) is 0. The van der Waals surface area contributed by atoms with Crippen molar-refractivity contribution in [1.82, 2.24) is 0 Å². The number of unbranched alkanes of at least 4 members (excludes halogenated alkanes) is 26. The van der Waals surface area contributed by atoms with E-state index in [1.807, 2.05) is 0 Å². The molecule has 0 saturated carbocycles. The topological polar surface area (TPSA) is 34.1 Å². The molecule has 0 saturated heterocycles. The Balaban J connectivity index is 3.28. The molecule has 0 fully saturated rings. The van der Waals surface area contributed by atoms with Crippen LogP contribution in [0.2, 0.25) is 0 Å². The lowest BCUT2D eigenvalue weighted by atomic mass is 10.0. The second-order valence-corrected chi connectivity index (χ2v) is 11.5. The zero-order valence-electron chi connectivity index (χ0n) is 25.0. The molecule has 0 aromatic carbocycles. The lowest BCUT2D eigenvalue weighted by Gasteiger charge is -2.04. The molecule has 36 heavy (non-hydrogen) atoms. The van der Waals surface area contributed by atoms with E-state index in [1.54, 1.807) is 0 Å². The summed E-state index contributed by atoms with van der Waals surface area (Å²) in [6, 6.07) is 0. The van der Waals surface area contributed by atoms with Crippen LogP contribution in [0.15, 0.2) is 0 Å². The van der Waals surface area contributed by atoms with Crippen molar-refractivity contribution in [2.24, 2.45) is 0 Å². The fourth-order valence-electron chi connectivity index (χ4n) is 5.24. The Morgan fingerprint density at radius 3 is 0.639 bits per heavy atom. The molecule has 0 aromatic rings. The van der Waals surface area contributed by atoms with E-state index in [0.29, 0.717) is 12.8 Å². The lowest BCUT2D eigenvalue weighted by molar-refractivity contribution is -0.136. The second kappa shape index (κ2) is 30.6. The van der Waals surface area contributed by atoms with Gasteiger partial charge in [-0.25, -0.2) is 0 Å². The summed E-state index contributed by atoms with van der Waals surface area (Å²) in [4.78, 5) is 24.2. The van der Waals surface area contributed by atoms with Gasteiger partial charge in [0.25, 0.3) is 0 Å². The summed E-state index contributed by atoms with van der Waals surface area (Å²) in [5.41, 5.74) is 0. The fraction of sp³-hybridized carbons (Fsp3) is 0.941. The average Bonchev–Trinajstić information content (AvgIpc) is 2.88. The lowest BCUT2D eigenvalue weighted by Crippen LogP contribution is -2.13. The molecule has 0 radical (unpaired) electrons. The predicted molar refractivity (Wildman–Crippen MR) is 160 cm³/mol. The summed E-state index contributed by atoms with van der Waals surface area (Å²) in [7, 11) is 0. The third-order valence-electron chi connectivity index (χ3n) is 7.83. The monoisotopic (exact) mass is 507 g/mol. The maximum atomic E-state index is 12.1. The maximum absolute atomic E-state index is 12.1. The van der Waals surface area contributed by atoms with Crippen LogP contribution in [0.5, 0.6) is 0 Å². The van der Waals surface area contributed by atoms with Gasteiger partial charge in [-0.3, -0.25) is 9.59 Å².